The summed E-state index contributed by atoms with van der Waals surface area (Å²) in [7, 11) is 0. The van der Waals surface area contributed by atoms with Crippen molar-refractivity contribution in [2.24, 2.45) is 0 Å². The second-order valence-corrected chi connectivity index (χ2v) is 4.07. The Balaban J connectivity index is 2.48. The fourth-order valence-electron chi connectivity index (χ4n) is 1.54. The highest BCUT2D eigenvalue weighted by Crippen LogP contribution is 2.19. The lowest BCUT2D eigenvalue weighted by atomic mass is 10.0. The molecular weight excluding hydrogens is 230 g/mol. The molecule has 1 N–H and O–H groups in total. The lowest BCUT2D eigenvalue weighted by Gasteiger charge is -2.03. The Morgan fingerprint density at radius 3 is 3.08 bits per heavy atom. The zero-order valence-electron chi connectivity index (χ0n) is 7.14. The van der Waals surface area contributed by atoms with Crippen molar-refractivity contribution in [2.75, 3.05) is 6.54 Å². The van der Waals surface area contributed by atoms with E-state index in [1.54, 1.807) is 0 Å². The number of carbonyl (C=O) groups is 1. The monoisotopic (exact) mass is 239 g/mol. The topological polar surface area (TPSA) is 29.1 Å². The molecular formula is C10H10BrNO. The standard InChI is InChI=1S/C10H10BrNO/c11-8-1-2-9-7(5-8)6-12-4-3-10(9)13/h1-2,5,12H,3-4,6H2. The van der Waals surface area contributed by atoms with E-state index in [1.165, 1.54) is 0 Å². The predicted octanol–water partition coefficient (Wildman–Crippen LogP) is 2.13. The molecule has 1 aromatic carbocycles. The Kier molecular flexibility index (Phi) is 2.47. The van der Waals surface area contributed by atoms with Gasteiger partial charge in [0.05, 0.1) is 0 Å². The summed E-state index contributed by atoms with van der Waals surface area (Å²) in [5.74, 6) is 0.243. The Hall–Kier alpha value is -0.670. The normalized spacial score (nSPS) is 16.5. The van der Waals surface area contributed by atoms with Crippen molar-refractivity contribution >= 4 is 21.7 Å². The van der Waals surface area contributed by atoms with E-state index in [0.717, 1.165) is 28.7 Å². The summed E-state index contributed by atoms with van der Waals surface area (Å²) < 4.78 is 1.03. The minimum absolute atomic E-state index is 0.243. The number of rotatable bonds is 0. The predicted molar refractivity (Wildman–Crippen MR) is 54.8 cm³/mol. The second-order valence-electron chi connectivity index (χ2n) is 3.15. The summed E-state index contributed by atoms with van der Waals surface area (Å²) >= 11 is 3.40. The van der Waals surface area contributed by atoms with Crippen LogP contribution in [0.2, 0.25) is 0 Å². The van der Waals surface area contributed by atoms with Crippen LogP contribution in [0.5, 0.6) is 0 Å². The third kappa shape index (κ3) is 1.81. The number of fused-ring (bicyclic) bond motifs is 1. The quantitative estimate of drug-likeness (QED) is 0.752. The van der Waals surface area contributed by atoms with E-state index in [0.29, 0.717) is 6.42 Å². The SMILES string of the molecule is O=C1CCNCc2cc(Br)ccc21. The van der Waals surface area contributed by atoms with Crippen molar-refractivity contribution in [2.45, 2.75) is 13.0 Å². The van der Waals surface area contributed by atoms with E-state index in [2.05, 4.69) is 21.2 Å². The second kappa shape index (κ2) is 3.60. The first kappa shape index (κ1) is 8.91. The maximum atomic E-state index is 11.6. The average Bonchev–Trinajstić information content (AvgIpc) is 2.28. The lowest BCUT2D eigenvalue weighted by Crippen LogP contribution is -2.12. The number of hydrogen-bond acceptors (Lipinski definition) is 2. The molecule has 0 radical (unpaired) electrons. The maximum Gasteiger partial charge on any atom is 0.164 e. The maximum absolute atomic E-state index is 11.6. The molecule has 0 unspecified atom stereocenters. The Morgan fingerprint density at radius 2 is 2.23 bits per heavy atom. The Labute approximate surface area is 85.5 Å². The molecule has 2 rings (SSSR count). The average molecular weight is 240 g/mol. The van der Waals surface area contributed by atoms with Crippen LogP contribution in [-0.4, -0.2) is 12.3 Å². The summed E-state index contributed by atoms with van der Waals surface area (Å²) in [5, 5.41) is 3.22. The summed E-state index contributed by atoms with van der Waals surface area (Å²) in [6.07, 6.45) is 0.606. The van der Waals surface area contributed by atoms with E-state index in [1.807, 2.05) is 18.2 Å². The van der Waals surface area contributed by atoms with Gasteiger partial charge in [-0.05, 0) is 23.8 Å². The molecule has 0 saturated carbocycles. The van der Waals surface area contributed by atoms with Gasteiger partial charge < -0.3 is 5.32 Å². The summed E-state index contributed by atoms with van der Waals surface area (Å²) in [5.41, 5.74) is 1.96. The molecule has 0 aliphatic carbocycles. The molecule has 1 heterocycles. The van der Waals surface area contributed by atoms with Crippen molar-refractivity contribution in [1.29, 1.82) is 0 Å². The summed E-state index contributed by atoms with van der Waals surface area (Å²) in [4.78, 5) is 11.6. The Morgan fingerprint density at radius 1 is 1.38 bits per heavy atom. The van der Waals surface area contributed by atoms with Crippen LogP contribution in [0.15, 0.2) is 22.7 Å². The van der Waals surface area contributed by atoms with E-state index in [9.17, 15) is 4.79 Å². The number of benzene rings is 1. The Bertz CT molecular complexity index is 349. The number of nitrogens with one attached hydrogen (secondary N) is 1. The molecule has 0 fully saturated rings. The molecule has 0 bridgehead atoms. The van der Waals surface area contributed by atoms with Crippen molar-refractivity contribution < 1.29 is 4.79 Å². The van der Waals surface area contributed by atoms with Gasteiger partial charge in [0.2, 0.25) is 0 Å². The van der Waals surface area contributed by atoms with Crippen LogP contribution < -0.4 is 5.32 Å². The molecule has 13 heavy (non-hydrogen) atoms. The molecule has 1 aliphatic heterocycles. The summed E-state index contributed by atoms with van der Waals surface area (Å²) in [6, 6.07) is 5.82. The van der Waals surface area contributed by atoms with Crippen molar-refractivity contribution in [1.82, 2.24) is 5.32 Å². The van der Waals surface area contributed by atoms with Gasteiger partial charge in [-0.1, -0.05) is 15.9 Å². The number of carbonyl (C=O) groups excluding carboxylic acids is 1. The van der Waals surface area contributed by atoms with Crippen LogP contribution in [0.1, 0.15) is 22.3 Å². The van der Waals surface area contributed by atoms with Gasteiger partial charge in [0.15, 0.2) is 5.78 Å². The molecule has 1 aliphatic rings. The van der Waals surface area contributed by atoms with Crippen molar-refractivity contribution in [3.63, 3.8) is 0 Å². The highest BCUT2D eigenvalue weighted by atomic mass is 79.9. The van der Waals surface area contributed by atoms with Crippen LogP contribution in [0.3, 0.4) is 0 Å². The van der Waals surface area contributed by atoms with Crippen LogP contribution in [0, 0.1) is 0 Å². The highest BCUT2D eigenvalue weighted by molar-refractivity contribution is 9.10. The number of ketones is 1. The fourth-order valence-corrected chi connectivity index (χ4v) is 1.95. The lowest BCUT2D eigenvalue weighted by molar-refractivity contribution is 0.0985. The highest BCUT2D eigenvalue weighted by Gasteiger charge is 2.14. The molecule has 3 heteroatoms. The van der Waals surface area contributed by atoms with Gasteiger partial charge in [0.25, 0.3) is 0 Å². The first-order valence-corrected chi connectivity index (χ1v) is 5.09. The minimum Gasteiger partial charge on any atom is -0.312 e. The molecule has 0 saturated heterocycles. The van der Waals surface area contributed by atoms with Crippen molar-refractivity contribution in [3.05, 3.63) is 33.8 Å². The fraction of sp³-hybridized carbons (Fsp3) is 0.300. The number of Topliss-reactive ketones (excluding diaryl/α,β-unsaturated/α-hetero) is 1. The van der Waals surface area contributed by atoms with Crippen LogP contribution >= 0.6 is 15.9 Å². The molecule has 2 nitrogen and oxygen atoms in total. The third-order valence-corrected chi connectivity index (χ3v) is 2.71. The van der Waals surface area contributed by atoms with Gasteiger partial charge in [0.1, 0.15) is 0 Å². The van der Waals surface area contributed by atoms with Gasteiger partial charge in [0, 0.05) is 29.5 Å². The molecule has 1 aromatic rings. The van der Waals surface area contributed by atoms with Crippen LogP contribution in [0.4, 0.5) is 0 Å². The van der Waals surface area contributed by atoms with Gasteiger partial charge in [-0.3, -0.25) is 4.79 Å². The molecule has 0 amide bonds. The van der Waals surface area contributed by atoms with E-state index in [4.69, 9.17) is 0 Å². The first-order valence-electron chi connectivity index (χ1n) is 4.30. The zero-order valence-corrected chi connectivity index (χ0v) is 8.73. The van der Waals surface area contributed by atoms with Crippen LogP contribution in [-0.2, 0) is 6.54 Å². The van der Waals surface area contributed by atoms with Gasteiger partial charge in [-0.25, -0.2) is 0 Å². The van der Waals surface area contributed by atoms with E-state index in [-0.39, 0.29) is 5.78 Å². The number of hydrogen-bond donors (Lipinski definition) is 1. The largest absolute Gasteiger partial charge is 0.312 e. The van der Waals surface area contributed by atoms with Gasteiger partial charge in [-0.15, -0.1) is 0 Å². The summed E-state index contributed by atoms with van der Waals surface area (Å²) in [6.45, 7) is 1.58. The third-order valence-electron chi connectivity index (χ3n) is 2.21. The smallest absolute Gasteiger partial charge is 0.164 e. The first-order chi connectivity index (χ1) is 6.27. The zero-order chi connectivity index (χ0) is 9.26. The minimum atomic E-state index is 0.243. The van der Waals surface area contributed by atoms with E-state index < -0.39 is 0 Å². The number of halogens is 1. The van der Waals surface area contributed by atoms with Crippen LogP contribution in [0.25, 0.3) is 0 Å². The van der Waals surface area contributed by atoms with Crippen molar-refractivity contribution in [3.8, 4) is 0 Å². The molecule has 0 aromatic heterocycles. The van der Waals surface area contributed by atoms with Gasteiger partial charge >= 0.3 is 0 Å². The molecule has 68 valence electrons. The van der Waals surface area contributed by atoms with Gasteiger partial charge in [-0.2, -0.15) is 0 Å². The van der Waals surface area contributed by atoms with E-state index >= 15 is 0 Å². The molecule has 0 spiro atoms. The molecule has 0 atom stereocenters.